The number of para-hydroxylation sites is 1. The van der Waals surface area contributed by atoms with Gasteiger partial charge in [-0.2, -0.15) is 0 Å². The fraction of sp³-hybridized carbons (Fsp3) is 0.600. The molecule has 0 saturated heterocycles. The minimum atomic E-state index is -0.997. The van der Waals surface area contributed by atoms with Gasteiger partial charge < -0.3 is 10.2 Å². The predicted molar refractivity (Wildman–Crippen MR) is 82.4 cm³/mol. The van der Waals surface area contributed by atoms with Crippen molar-refractivity contribution in [3.05, 3.63) is 29.8 Å². The van der Waals surface area contributed by atoms with Crippen molar-refractivity contribution < 1.29 is 4.43 Å². The van der Waals surface area contributed by atoms with Gasteiger partial charge in [0, 0.05) is 11.8 Å². The molecule has 1 aromatic rings. The molecule has 2 N–H and O–H groups in total. The zero-order valence-electron chi connectivity index (χ0n) is 12.4. The fourth-order valence-corrected chi connectivity index (χ4v) is 3.28. The van der Waals surface area contributed by atoms with E-state index in [0.717, 1.165) is 18.5 Å². The van der Waals surface area contributed by atoms with Crippen LogP contribution in [0.2, 0.25) is 13.1 Å². The van der Waals surface area contributed by atoms with Gasteiger partial charge >= 0.3 is 0 Å². The van der Waals surface area contributed by atoms with Crippen molar-refractivity contribution in [3.8, 4) is 0 Å². The van der Waals surface area contributed by atoms with Gasteiger partial charge in [-0.25, -0.2) is 0 Å². The Morgan fingerprint density at radius 1 is 1.22 bits per heavy atom. The van der Waals surface area contributed by atoms with E-state index >= 15 is 0 Å². The molecule has 0 radical (unpaired) electrons. The van der Waals surface area contributed by atoms with Crippen LogP contribution in [0.1, 0.15) is 32.8 Å². The van der Waals surface area contributed by atoms with Crippen molar-refractivity contribution >= 4 is 14.7 Å². The molecule has 0 aliphatic rings. The van der Waals surface area contributed by atoms with Gasteiger partial charge in [-0.3, -0.25) is 0 Å². The van der Waals surface area contributed by atoms with Crippen molar-refractivity contribution in [2.45, 2.75) is 52.8 Å². The quantitative estimate of drug-likeness (QED) is 0.652. The highest BCUT2D eigenvalue weighted by molar-refractivity contribution is 6.48. The van der Waals surface area contributed by atoms with E-state index in [1.54, 1.807) is 0 Å². The lowest BCUT2D eigenvalue weighted by Crippen LogP contribution is -2.33. The summed E-state index contributed by atoms with van der Waals surface area (Å²) in [4.78, 5) is 0. The Bertz CT molecular complexity index is 371. The molecule has 2 nitrogen and oxygen atoms in total. The number of nitrogens with two attached hydrogens (primary N) is 1. The molecule has 0 aliphatic heterocycles. The maximum absolute atomic E-state index is 6.17. The minimum Gasteiger partial charge on any atom is -0.417 e. The van der Waals surface area contributed by atoms with E-state index in [1.807, 2.05) is 12.1 Å². The fourth-order valence-electron chi connectivity index (χ4n) is 2.08. The average molecular weight is 265 g/mol. The first-order valence-electron chi connectivity index (χ1n) is 6.79. The van der Waals surface area contributed by atoms with Crippen LogP contribution in [0.3, 0.4) is 0 Å². The molecule has 102 valence electrons. The molecule has 0 bridgehead atoms. The molecule has 0 fully saturated rings. The van der Waals surface area contributed by atoms with Crippen molar-refractivity contribution in [1.29, 1.82) is 0 Å². The second kappa shape index (κ2) is 6.39. The highest BCUT2D eigenvalue weighted by Gasteiger charge is 2.25. The maximum Gasteiger partial charge on any atom is 0.171 e. The second-order valence-electron chi connectivity index (χ2n) is 6.28. The van der Waals surface area contributed by atoms with Crippen LogP contribution in [-0.2, 0) is 10.8 Å². The number of rotatable bonds is 5. The van der Waals surface area contributed by atoms with Crippen LogP contribution in [0.15, 0.2) is 24.3 Å². The normalized spacial score (nSPS) is 13.9. The Labute approximate surface area is 113 Å². The molecule has 0 aliphatic carbocycles. The smallest absolute Gasteiger partial charge is 0.171 e. The largest absolute Gasteiger partial charge is 0.417 e. The Kier molecular flexibility index (Phi) is 5.41. The SMILES string of the molecule is C[SiH](C)OC(CCc1ccccc1N)C(C)(C)C. The lowest BCUT2D eigenvalue weighted by molar-refractivity contribution is 0.0788. The third kappa shape index (κ3) is 4.82. The Balaban J connectivity index is 2.65. The van der Waals surface area contributed by atoms with E-state index in [1.165, 1.54) is 5.56 Å². The summed E-state index contributed by atoms with van der Waals surface area (Å²) >= 11 is 0. The predicted octanol–water partition coefficient (Wildman–Crippen LogP) is 3.62. The third-order valence-corrected chi connectivity index (χ3v) is 4.01. The Morgan fingerprint density at radius 3 is 2.33 bits per heavy atom. The topological polar surface area (TPSA) is 35.2 Å². The van der Waals surface area contributed by atoms with E-state index in [2.05, 4.69) is 46.0 Å². The summed E-state index contributed by atoms with van der Waals surface area (Å²) in [5, 5.41) is 0. The number of aryl methyl sites for hydroxylation is 1. The first-order valence-corrected chi connectivity index (χ1v) is 9.57. The van der Waals surface area contributed by atoms with Gasteiger partial charge in [-0.1, -0.05) is 39.0 Å². The lowest BCUT2D eigenvalue weighted by atomic mass is 9.85. The van der Waals surface area contributed by atoms with Crippen LogP contribution < -0.4 is 5.73 Å². The van der Waals surface area contributed by atoms with Crippen LogP contribution in [0.4, 0.5) is 5.69 Å². The van der Waals surface area contributed by atoms with Gasteiger partial charge in [0.1, 0.15) is 0 Å². The molecule has 0 heterocycles. The molecule has 0 saturated carbocycles. The number of anilines is 1. The second-order valence-corrected chi connectivity index (χ2v) is 8.65. The molecule has 0 aromatic heterocycles. The van der Waals surface area contributed by atoms with E-state index in [9.17, 15) is 0 Å². The van der Waals surface area contributed by atoms with E-state index < -0.39 is 9.04 Å². The van der Waals surface area contributed by atoms with E-state index in [0.29, 0.717) is 6.10 Å². The van der Waals surface area contributed by atoms with Gasteiger partial charge in [0.25, 0.3) is 0 Å². The van der Waals surface area contributed by atoms with Gasteiger partial charge in [-0.15, -0.1) is 0 Å². The summed E-state index contributed by atoms with van der Waals surface area (Å²) in [6.07, 6.45) is 2.36. The Morgan fingerprint density at radius 2 is 1.83 bits per heavy atom. The molecular weight excluding hydrogens is 238 g/mol. The summed E-state index contributed by atoms with van der Waals surface area (Å²) in [5.74, 6) is 0. The lowest BCUT2D eigenvalue weighted by Gasteiger charge is -2.32. The molecule has 1 atom stereocenters. The van der Waals surface area contributed by atoms with Crippen LogP contribution in [-0.4, -0.2) is 15.1 Å². The number of hydrogen-bond acceptors (Lipinski definition) is 2. The molecule has 3 heteroatoms. The average Bonchev–Trinajstić information content (AvgIpc) is 2.24. The molecular formula is C15H27NOSi. The zero-order chi connectivity index (χ0) is 13.8. The number of nitrogen functional groups attached to an aromatic ring is 1. The zero-order valence-corrected chi connectivity index (χ0v) is 13.5. The molecule has 1 unspecified atom stereocenters. The van der Waals surface area contributed by atoms with Gasteiger partial charge in [0.15, 0.2) is 9.04 Å². The van der Waals surface area contributed by atoms with E-state index in [-0.39, 0.29) is 5.41 Å². The van der Waals surface area contributed by atoms with Crippen LogP contribution in [0.5, 0.6) is 0 Å². The molecule has 1 rings (SSSR count). The minimum absolute atomic E-state index is 0.195. The molecule has 1 aromatic carbocycles. The highest BCUT2D eigenvalue weighted by atomic mass is 28.3. The van der Waals surface area contributed by atoms with Gasteiger partial charge in [0.2, 0.25) is 0 Å². The van der Waals surface area contributed by atoms with Crippen molar-refractivity contribution in [1.82, 2.24) is 0 Å². The first kappa shape index (κ1) is 15.3. The molecule has 18 heavy (non-hydrogen) atoms. The monoisotopic (exact) mass is 265 g/mol. The van der Waals surface area contributed by atoms with E-state index in [4.69, 9.17) is 10.2 Å². The first-order chi connectivity index (χ1) is 8.30. The summed E-state index contributed by atoms with van der Waals surface area (Å²) in [6, 6.07) is 8.12. The van der Waals surface area contributed by atoms with Gasteiger partial charge in [-0.05, 0) is 43.0 Å². The molecule has 0 spiro atoms. The summed E-state index contributed by atoms with van der Waals surface area (Å²) in [7, 11) is -0.997. The van der Waals surface area contributed by atoms with Crippen LogP contribution in [0.25, 0.3) is 0 Å². The Hall–Kier alpha value is -0.803. The standard InChI is InChI=1S/C15H27NOSi/c1-15(2,3)14(17-18(4)5)11-10-12-8-6-7-9-13(12)16/h6-9,14,18H,10-11,16H2,1-5H3. The molecule has 0 amide bonds. The highest BCUT2D eigenvalue weighted by Crippen LogP contribution is 2.27. The van der Waals surface area contributed by atoms with Crippen molar-refractivity contribution in [3.63, 3.8) is 0 Å². The summed E-state index contributed by atoms with van der Waals surface area (Å²) < 4.78 is 6.17. The van der Waals surface area contributed by atoms with Crippen LogP contribution in [0, 0.1) is 5.41 Å². The van der Waals surface area contributed by atoms with Gasteiger partial charge in [0.05, 0.1) is 0 Å². The summed E-state index contributed by atoms with van der Waals surface area (Å²) in [5.41, 5.74) is 8.31. The number of benzene rings is 1. The number of hydrogen-bond donors (Lipinski definition) is 1. The summed E-state index contributed by atoms with van der Waals surface area (Å²) in [6.45, 7) is 11.2. The maximum atomic E-state index is 6.17. The third-order valence-electron chi connectivity index (χ3n) is 3.13. The van der Waals surface area contributed by atoms with Crippen molar-refractivity contribution in [2.75, 3.05) is 5.73 Å². The van der Waals surface area contributed by atoms with Crippen LogP contribution >= 0.6 is 0 Å². The van der Waals surface area contributed by atoms with Crippen molar-refractivity contribution in [2.24, 2.45) is 5.41 Å².